The SMILES string of the molecule is CC.Cc1cc2cncnn2c1. The number of hydrogen-bond acceptors (Lipinski definition) is 2. The van der Waals surface area contributed by atoms with Crippen LogP contribution in [0, 0.1) is 6.92 Å². The van der Waals surface area contributed by atoms with Crippen LogP contribution in [0.1, 0.15) is 19.4 Å². The monoisotopic (exact) mass is 163 g/mol. The van der Waals surface area contributed by atoms with Crippen molar-refractivity contribution in [2.45, 2.75) is 20.8 Å². The Labute approximate surface area is 72.1 Å². The second-order valence-electron chi connectivity index (χ2n) is 2.30. The molecule has 64 valence electrons. The van der Waals surface area contributed by atoms with Crippen molar-refractivity contribution in [3.05, 3.63) is 30.4 Å². The van der Waals surface area contributed by atoms with Gasteiger partial charge in [-0.05, 0) is 18.6 Å². The predicted molar refractivity (Wildman–Crippen MR) is 49.1 cm³/mol. The van der Waals surface area contributed by atoms with Gasteiger partial charge in [0.2, 0.25) is 0 Å². The highest BCUT2D eigenvalue weighted by atomic mass is 15.2. The van der Waals surface area contributed by atoms with E-state index in [0.717, 1.165) is 5.52 Å². The first kappa shape index (κ1) is 8.71. The lowest BCUT2D eigenvalue weighted by molar-refractivity contribution is 0.901. The molecule has 2 aromatic rings. The minimum absolute atomic E-state index is 1.04. The quantitative estimate of drug-likeness (QED) is 0.595. The van der Waals surface area contributed by atoms with Gasteiger partial charge in [0.15, 0.2) is 0 Å². The van der Waals surface area contributed by atoms with Crippen LogP contribution in [-0.2, 0) is 0 Å². The van der Waals surface area contributed by atoms with Gasteiger partial charge in [0, 0.05) is 6.20 Å². The van der Waals surface area contributed by atoms with Gasteiger partial charge in [-0.2, -0.15) is 5.10 Å². The molecule has 0 aromatic carbocycles. The van der Waals surface area contributed by atoms with Crippen molar-refractivity contribution in [3.8, 4) is 0 Å². The zero-order valence-corrected chi connectivity index (χ0v) is 7.65. The molecule has 0 N–H and O–H groups in total. The summed E-state index contributed by atoms with van der Waals surface area (Å²) in [5, 5.41) is 4.01. The summed E-state index contributed by atoms with van der Waals surface area (Å²) in [6, 6.07) is 2.04. The predicted octanol–water partition coefficient (Wildman–Crippen LogP) is 2.06. The Balaban J connectivity index is 0.000000336. The standard InChI is InChI=1S/C7H7N3.C2H6/c1-6-2-7-3-8-5-9-10(7)4-6;1-2/h2-5H,1H3;1-2H3. The summed E-state index contributed by atoms with van der Waals surface area (Å²) in [5.41, 5.74) is 2.25. The molecule has 0 aliphatic rings. The fraction of sp³-hybridized carbons (Fsp3) is 0.333. The lowest BCUT2D eigenvalue weighted by atomic mass is 10.4. The fourth-order valence-corrected chi connectivity index (χ4v) is 0.996. The number of hydrogen-bond donors (Lipinski definition) is 0. The minimum Gasteiger partial charge on any atom is -0.241 e. The molecule has 12 heavy (non-hydrogen) atoms. The van der Waals surface area contributed by atoms with E-state index in [-0.39, 0.29) is 0 Å². The van der Waals surface area contributed by atoms with Crippen LogP contribution in [-0.4, -0.2) is 14.6 Å². The Bertz CT molecular complexity index is 318. The van der Waals surface area contributed by atoms with Crippen LogP contribution in [0.2, 0.25) is 0 Å². The van der Waals surface area contributed by atoms with E-state index in [1.165, 1.54) is 11.9 Å². The van der Waals surface area contributed by atoms with Crippen molar-refractivity contribution in [1.82, 2.24) is 14.6 Å². The van der Waals surface area contributed by atoms with Crippen LogP contribution in [0.4, 0.5) is 0 Å². The Morgan fingerprint density at radius 2 is 2.08 bits per heavy atom. The number of rotatable bonds is 0. The smallest absolute Gasteiger partial charge is 0.136 e. The van der Waals surface area contributed by atoms with E-state index in [1.54, 1.807) is 6.20 Å². The van der Waals surface area contributed by atoms with Gasteiger partial charge in [-0.15, -0.1) is 0 Å². The molecule has 2 heterocycles. The van der Waals surface area contributed by atoms with Crippen molar-refractivity contribution in [2.24, 2.45) is 0 Å². The summed E-state index contributed by atoms with van der Waals surface area (Å²) in [7, 11) is 0. The van der Waals surface area contributed by atoms with E-state index in [9.17, 15) is 0 Å². The first-order valence-corrected chi connectivity index (χ1v) is 4.11. The number of fused-ring (bicyclic) bond motifs is 1. The topological polar surface area (TPSA) is 30.2 Å². The Morgan fingerprint density at radius 3 is 2.75 bits per heavy atom. The molecule has 0 saturated heterocycles. The summed E-state index contributed by atoms with van der Waals surface area (Å²) in [6.07, 6.45) is 5.30. The van der Waals surface area contributed by atoms with Crippen molar-refractivity contribution in [3.63, 3.8) is 0 Å². The van der Waals surface area contributed by atoms with Crippen LogP contribution in [0.5, 0.6) is 0 Å². The Kier molecular flexibility index (Phi) is 2.80. The molecule has 0 radical (unpaired) electrons. The van der Waals surface area contributed by atoms with E-state index in [0.29, 0.717) is 0 Å². The first-order chi connectivity index (χ1) is 5.86. The minimum atomic E-state index is 1.04. The number of nitrogens with zero attached hydrogens (tertiary/aromatic N) is 3. The van der Waals surface area contributed by atoms with Crippen molar-refractivity contribution in [2.75, 3.05) is 0 Å². The molecular weight excluding hydrogens is 150 g/mol. The largest absolute Gasteiger partial charge is 0.241 e. The molecule has 0 saturated carbocycles. The van der Waals surface area contributed by atoms with Crippen molar-refractivity contribution < 1.29 is 0 Å². The van der Waals surface area contributed by atoms with Crippen molar-refractivity contribution in [1.29, 1.82) is 0 Å². The highest BCUT2D eigenvalue weighted by Gasteiger charge is 1.92. The molecule has 2 aromatic heterocycles. The van der Waals surface area contributed by atoms with Crippen LogP contribution >= 0.6 is 0 Å². The third kappa shape index (κ3) is 1.61. The third-order valence-electron chi connectivity index (χ3n) is 1.42. The normalized spacial score (nSPS) is 9.25. The molecular formula is C9H13N3. The van der Waals surface area contributed by atoms with Gasteiger partial charge in [-0.3, -0.25) is 0 Å². The molecule has 0 atom stereocenters. The maximum Gasteiger partial charge on any atom is 0.136 e. The molecule has 0 amide bonds. The zero-order valence-electron chi connectivity index (χ0n) is 7.65. The molecule has 2 rings (SSSR count). The summed E-state index contributed by atoms with van der Waals surface area (Å²) in [5.74, 6) is 0. The highest BCUT2D eigenvalue weighted by molar-refractivity contribution is 5.46. The number of aromatic nitrogens is 3. The molecule has 0 bridgehead atoms. The lowest BCUT2D eigenvalue weighted by Crippen LogP contribution is -1.87. The summed E-state index contributed by atoms with van der Waals surface area (Å²) >= 11 is 0. The summed E-state index contributed by atoms with van der Waals surface area (Å²) in [6.45, 7) is 6.04. The first-order valence-electron chi connectivity index (χ1n) is 4.11. The van der Waals surface area contributed by atoms with Gasteiger partial charge in [0.1, 0.15) is 6.33 Å². The lowest BCUT2D eigenvalue weighted by Gasteiger charge is -1.86. The molecule has 0 spiro atoms. The van der Waals surface area contributed by atoms with Gasteiger partial charge in [0.25, 0.3) is 0 Å². The van der Waals surface area contributed by atoms with E-state index in [4.69, 9.17) is 0 Å². The second-order valence-corrected chi connectivity index (χ2v) is 2.30. The zero-order chi connectivity index (χ0) is 8.97. The van der Waals surface area contributed by atoms with E-state index < -0.39 is 0 Å². The van der Waals surface area contributed by atoms with Crippen LogP contribution in [0.15, 0.2) is 24.8 Å². The van der Waals surface area contributed by atoms with Crippen LogP contribution in [0.3, 0.4) is 0 Å². The Hall–Kier alpha value is -1.38. The van der Waals surface area contributed by atoms with Crippen LogP contribution in [0.25, 0.3) is 5.52 Å². The molecule has 0 unspecified atom stereocenters. The van der Waals surface area contributed by atoms with E-state index >= 15 is 0 Å². The average molecular weight is 163 g/mol. The van der Waals surface area contributed by atoms with Gasteiger partial charge in [0.05, 0.1) is 11.7 Å². The van der Waals surface area contributed by atoms with Gasteiger partial charge < -0.3 is 0 Å². The van der Waals surface area contributed by atoms with E-state index in [2.05, 4.69) is 10.1 Å². The van der Waals surface area contributed by atoms with Gasteiger partial charge in [-0.25, -0.2) is 9.50 Å². The van der Waals surface area contributed by atoms with Gasteiger partial charge >= 0.3 is 0 Å². The highest BCUT2D eigenvalue weighted by Crippen LogP contribution is 2.03. The molecule has 0 fully saturated rings. The third-order valence-corrected chi connectivity index (χ3v) is 1.42. The second kappa shape index (κ2) is 3.85. The van der Waals surface area contributed by atoms with Gasteiger partial charge in [-0.1, -0.05) is 13.8 Å². The molecule has 3 nitrogen and oxygen atoms in total. The maximum atomic E-state index is 4.01. The molecule has 0 aliphatic carbocycles. The van der Waals surface area contributed by atoms with Crippen molar-refractivity contribution >= 4 is 5.52 Å². The summed E-state index contributed by atoms with van der Waals surface area (Å²) < 4.78 is 1.81. The molecule has 0 aliphatic heterocycles. The summed E-state index contributed by atoms with van der Waals surface area (Å²) in [4.78, 5) is 3.89. The van der Waals surface area contributed by atoms with Crippen LogP contribution < -0.4 is 0 Å². The van der Waals surface area contributed by atoms with E-state index in [1.807, 2.05) is 37.5 Å². The Morgan fingerprint density at radius 1 is 1.33 bits per heavy atom. The molecule has 3 heteroatoms. The fourth-order valence-electron chi connectivity index (χ4n) is 0.996. The average Bonchev–Trinajstić information content (AvgIpc) is 2.48. The maximum absolute atomic E-state index is 4.01. The number of aryl methyl sites for hydroxylation is 1.